The van der Waals surface area contributed by atoms with Gasteiger partial charge in [0.05, 0.1) is 24.3 Å². The smallest absolute Gasteiger partial charge is 0.336 e. The third-order valence-electron chi connectivity index (χ3n) is 6.04. The molecule has 0 aromatic heterocycles. The Bertz CT molecular complexity index is 1170. The molecule has 2 aromatic rings. The Kier molecular flexibility index (Phi) is 6.88. The molecule has 1 N–H and O–H groups in total. The van der Waals surface area contributed by atoms with E-state index in [9.17, 15) is 9.59 Å². The first-order valence-corrected chi connectivity index (χ1v) is 11.6. The fraction of sp³-hybridized carbons (Fsp3) is 0.308. The molecule has 6 nitrogen and oxygen atoms in total. The molecular formula is C26H26BrNO5. The van der Waals surface area contributed by atoms with E-state index in [0.717, 1.165) is 34.1 Å². The first-order valence-electron chi connectivity index (χ1n) is 10.8. The number of hydrogen-bond donors (Lipinski definition) is 1. The Hall–Kier alpha value is -3.06. The van der Waals surface area contributed by atoms with Gasteiger partial charge in [0.15, 0.2) is 5.78 Å². The summed E-state index contributed by atoms with van der Waals surface area (Å²) in [6, 6.07) is 13.3. The summed E-state index contributed by atoms with van der Waals surface area (Å²) >= 11 is 3.50. The quantitative estimate of drug-likeness (QED) is 0.538. The molecule has 2 aromatic carbocycles. The number of carbonyl (C=O) groups excluding carboxylic acids is 2. The van der Waals surface area contributed by atoms with Crippen molar-refractivity contribution < 1.29 is 23.8 Å². The lowest BCUT2D eigenvalue weighted by Crippen LogP contribution is -2.34. The maximum absolute atomic E-state index is 13.0. The summed E-state index contributed by atoms with van der Waals surface area (Å²) in [7, 11) is 2.97. The van der Waals surface area contributed by atoms with E-state index in [2.05, 4.69) is 21.2 Å². The Morgan fingerprint density at radius 2 is 1.91 bits per heavy atom. The van der Waals surface area contributed by atoms with Gasteiger partial charge in [-0.3, -0.25) is 4.79 Å². The number of ketones is 1. The van der Waals surface area contributed by atoms with Gasteiger partial charge in [-0.15, -0.1) is 0 Å². The number of benzene rings is 2. The summed E-state index contributed by atoms with van der Waals surface area (Å²) < 4.78 is 17.5. The van der Waals surface area contributed by atoms with Crippen molar-refractivity contribution in [3.63, 3.8) is 0 Å². The zero-order valence-electron chi connectivity index (χ0n) is 18.9. The molecule has 0 bridgehead atoms. The van der Waals surface area contributed by atoms with Gasteiger partial charge in [-0.25, -0.2) is 4.79 Å². The van der Waals surface area contributed by atoms with Crippen molar-refractivity contribution in [1.29, 1.82) is 0 Å². The molecule has 0 unspecified atom stereocenters. The van der Waals surface area contributed by atoms with Crippen LogP contribution in [0.15, 0.2) is 69.5 Å². The van der Waals surface area contributed by atoms with Crippen LogP contribution in [0.2, 0.25) is 0 Å². The summed E-state index contributed by atoms with van der Waals surface area (Å²) in [5, 5.41) is 3.29. The van der Waals surface area contributed by atoms with E-state index in [4.69, 9.17) is 14.2 Å². The van der Waals surface area contributed by atoms with E-state index >= 15 is 0 Å². The molecule has 0 spiro atoms. The molecule has 1 aliphatic heterocycles. The van der Waals surface area contributed by atoms with Crippen LogP contribution >= 0.6 is 15.9 Å². The van der Waals surface area contributed by atoms with Crippen molar-refractivity contribution in [2.24, 2.45) is 0 Å². The second-order valence-corrected chi connectivity index (χ2v) is 8.90. The lowest BCUT2D eigenvalue weighted by atomic mass is 9.75. The van der Waals surface area contributed by atoms with Crippen LogP contribution in [0.1, 0.15) is 43.2 Å². The van der Waals surface area contributed by atoms with Crippen LogP contribution in [0.25, 0.3) is 0 Å². The minimum absolute atomic E-state index is 0.0597. The average Bonchev–Trinajstić information content (AvgIpc) is 2.82. The van der Waals surface area contributed by atoms with E-state index in [1.807, 2.05) is 49.4 Å². The topological polar surface area (TPSA) is 73.9 Å². The maximum Gasteiger partial charge on any atom is 0.336 e. The van der Waals surface area contributed by atoms with Crippen molar-refractivity contribution in [1.82, 2.24) is 5.32 Å². The van der Waals surface area contributed by atoms with Gasteiger partial charge in [0.2, 0.25) is 0 Å². The Balaban J connectivity index is 1.77. The number of rotatable bonds is 6. The second-order valence-electron chi connectivity index (χ2n) is 8.05. The molecule has 2 aliphatic rings. The van der Waals surface area contributed by atoms with E-state index in [1.165, 1.54) is 7.11 Å². The number of esters is 1. The number of hydrogen-bond acceptors (Lipinski definition) is 6. The third-order valence-corrected chi connectivity index (χ3v) is 6.69. The van der Waals surface area contributed by atoms with Gasteiger partial charge in [-0.2, -0.15) is 0 Å². The van der Waals surface area contributed by atoms with Gasteiger partial charge >= 0.3 is 5.97 Å². The normalized spacial score (nSPS) is 17.9. The molecule has 1 aliphatic carbocycles. The standard InChI is InChI=1S/C26H26BrNO5/c1-15-23(26(30)32-3)24(25-19(28-15)8-6-9-20(25)29)16-11-12-21(31-2)17(13-16)14-33-22-10-5-4-7-18(22)27/h4-5,7,10-13,24,28H,6,8-9,14H2,1-3H3/t24-/m1/s1. The fourth-order valence-corrected chi connectivity index (χ4v) is 4.90. The Labute approximate surface area is 201 Å². The van der Waals surface area contributed by atoms with Crippen LogP contribution < -0.4 is 14.8 Å². The van der Waals surface area contributed by atoms with Crippen molar-refractivity contribution in [3.8, 4) is 11.5 Å². The minimum atomic E-state index is -0.505. The Morgan fingerprint density at radius 3 is 2.64 bits per heavy atom. The van der Waals surface area contributed by atoms with Gasteiger partial charge in [-0.05, 0) is 65.5 Å². The number of Topliss-reactive ketones (excluding diaryl/α,β-unsaturated/α-hetero) is 1. The van der Waals surface area contributed by atoms with Crippen LogP contribution in [0, 0.1) is 0 Å². The van der Waals surface area contributed by atoms with Gasteiger partial charge in [0.1, 0.15) is 18.1 Å². The second kappa shape index (κ2) is 9.83. The van der Waals surface area contributed by atoms with Gasteiger partial charge < -0.3 is 19.5 Å². The number of methoxy groups -OCH3 is 2. The van der Waals surface area contributed by atoms with Crippen molar-refractivity contribution in [2.45, 2.75) is 38.7 Å². The molecule has 0 saturated heterocycles. The number of allylic oxidation sites excluding steroid dienone is 3. The number of ether oxygens (including phenoxy) is 3. The molecule has 0 fully saturated rings. The minimum Gasteiger partial charge on any atom is -0.496 e. The van der Waals surface area contributed by atoms with Crippen molar-refractivity contribution in [2.75, 3.05) is 14.2 Å². The molecule has 172 valence electrons. The van der Waals surface area contributed by atoms with E-state index in [1.54, 1.807) is 7.11 Å². The Morgan fingerprint density at radius 1 is 1.12 bits per heavy atom. The summed E-state index contributed by atoms with van der Waals surface area (Å²) in [4.78, 5) is 25.8. The zero-order valence-corrected chi connectivity index (χ0v) is 20.5. The van der Waals surface area contributed by atoms with Crippen LogP contribution in [0.3, 0.4) is 0 Å². The van der Waals surface area contributed by atoms with Gasteiger partial charge in [0.25, 0.3) is 0 Å². The largest absolute Gasteiger partial charge is 0.496 e. The number of nitrogens with one attached hydrogen (secondary N) is 1. The molecule has 1 atom stereocenters. The van der Waals surface area contributed by atoms with Crippen LogP contribution in [0.5, 0.6) is 11.5 Å². The lowest BCUT2D eigenvalue weighted by molar-refractivity contribution is -0.136. The van der Waals surface area contributed by atoms with E-state index < -0.39 is 11.9 Å². The lowest BCUT2D eigenvalue weighted by Gasteiger charge is -2.34. The first kappa shape index (κ1) is 23.1. The van der Waals surface area contributed by atoms with E-state index in [-0.39, 0.29) is 12.4 Å². The summed E-state index contributed by atoms with van der Waals surface area (Å²) in [5.74, 6) is 0.491. The predicted molar refractivity (Wildman–Crippen MR) is 128 cm³/mol. The number of para-hydroxylation sites is 1. The molecule has 0 radical (unpaired) electrons. The molecule has 33 heavy (non-hydrogen) atoms. The highest BCUT2D eigenvalue weighted by Crippen LogP contribution is 2.43. The number of carbonyl (C=O) groups is 2. The molecule has 7 heteroatoms. The number of dihydropyridines is 1. The highest BCUT2D eigenvalue weighted by molar-refractivity contribution is 9.10. The monoisotopic (exact) mass is 511 g/mol. The molecule has 1 heterocycles. The zero-order chi connectivity index (χ0) is 23.5. The summed E-state index contributed by atoms with van der Waals surface area (Å²) in [6.45, 7) is 2.11. The average molecular weight is 512 g/mol. The van der Waals surface area contributed by atoms with Gasteiger partial charge in [-0.1, -0.05) is 18.2 Å². The van der Waals surface area contributed by atoms with Crippen LogP contribution in [-0.4, -0.2) is 26.0 Å². The molecule has 0 saturated carbocycles. The highest BCUT2D eigenvalue weighted by atomic mass is 79.9. The van der Waals surface area contributed by atoms with Gasteiger partial charge in [0, 0.05) is 34.9 Å². The maximum atomic E-state index is 13.0. The predicted octanol–water partition coefficient (Wildman–Crippen LogP) is 5.18. The summed E-state index contributed by atoms with van der Waals surface area (Å²) in [6.07, 6.45) is 2.04. The van der Waals surface area contributed by atoms with Crippen LogP contribution in [0.4, 0.5) is 0 Å². The molecule has 4 rings (SSSR count). The SMILES string of the molecule is COC(=O)C1=C(C)NC2=C(C(=O)CCC2)[C@@H]1c1ccc(OC)c(COc2ccccc2Br)c1. The number of halogens is 1. The molecule has 0 amide bonds. The third kappa shape index (κ3) is 4.55. The van der Waals surface area contributed by atoms with Crippen molar-refractivity contribution >= 4 is 27.7 Å². The van der Waals surface area contributed by atoms with Crippen molar-refractivity contribution in [3.05, 3.63) is 80.6 Å². The highest BCUT2D eigenvalue weighted by Gasteiger charge is 2.39. The van der Waals surface area contributed by atoms with Crippen LogP contribution in [-0.2, 0) is 20.9 Å². The molecular weight excluding hydrogens is 486 g/mol. The first-order chi connectivity index (χ1) is 15.9. The summed E-state index contributed by atoms with van der Waals surface area (Å²) in [5.41, 5.74) is 4.34. The van der Waals surface area contributed by atoms with E-state index in [0.29, 0.717) is 34.8 Å². The fourth-order valence-electron chi connectivity index (χ4n) is 4.51.